The molecule has 2 aliphatic rings. The zero-order valence-electron chi connectivity index (χ0n) is 21.2. The van der Waals surface area contributed by atoms with Crippen LogP contribution in [-0.2, 0) is 20.8 Å². The lowest BCUT2D eigenvalue weighted by atomic mass is 9.87. The zero-order chi connectivity index (χ0) is 25.8. The van der Waals surface area contributed by atoms with Crippen LogP contribution in [-0.4, -0.2) is 85.3 Å². The molecule has 1 saturated heterocycles. The van der Waals surface area contributed by atoms with Gasteiger partial charge >= 0.3 is 11.9 Å². The molecular weight excluding hydrogens is 452 g/mol. The van der Waals surface area contributed by atoms with Crippen LogP contribution in [0.2, 0.25) is 0 Å². The van der Waals surface area contributed by atoms with E-state index in [0.29, 0.717) is 5.91 Å². The van der Waals surface area contributed by atoms with Crippen molar-refractivity contribution in [3.8, 4) is 11.5 Å². The molecule has 0 aromatic heterocycles. The van der Waals surface area contributed by atoms with Crippen LogP contribution in [0.5, 0.6) is 11.5 Å². The number of likely N-dealkylation sites (N-methyl/N-ethyl adjacent to an activating group) is 1. The van der Waals surface area contributed by atoms with Gasteiger partial charge < -0.3 is 29.5 Å². The number of hydrogen-bond donors (Lipinski definition) is 2. The quantitative estimate of drug-likeness (QED) is 0.532. The lowest BCUT2D eigenvalue weighted by molar-refractivity contribution is -0.159. The van der Waals surface area contributed by atoms with Gasteiger partial charge in [-0.1, -0.05) is 25.3 Å². The maximum Gasteiger partial charge on any atom is 0.414 e. The summed E-state index contributed by atoms with van der Waals surface area (Å²) in [5.74, 6) is -0.786. The standard InChI is InChI=1S/C24H38N2O3.C2H2O4/c1-25(14-11-19-9-10-22(28-2)23(17-19)29-3)24(27)21-12-15-26(16-13-21)18-20-7-5-4-6-8-20;3-1(4)2(5)6/h9-10,17,20-21H,4-8,11-16,18H2,1-3H3;(H,3,4)(H,5,6). The third kappa shape index (κ3) is 9.39. The highest BCUT2D eigenvalue weighted by Gasteiger charge is 2.28. The Morgan fingerprint density at radius 2 is 1.54 bits per heavy atom. The first-order valence-electron chi connectivity index (χ1n) is 12.4. The summed E-state index contributed by atoms with van der Waals surface area (Å²) in [6, 6.07) is 5.97. The van der Waals surface area contributed by atoms with Gasteiger partial charge in [0.05, 0.1) is 14.2 Å². The molecule has 3 rings (SSSR count). The third-order valence-electron chi connectivity index (χ3n) is 6.92. The number of carbonyl (C=O) groups is 3. The zero-order valence-corrected chi connectivity index (χ0v) is 21.2. The molecule has 1 aromatic carbocycles. The van der Waals surface area contributed by atoms with Crippen LogP contribution in [0.15, 0.2) is 18.2 Å². The number of rotatable bonds is 8. The van der Waals surface area contributed by atoms with E-state index in [1.54, 1.807) is 14.2 Å². The van der Waals surface area contributed by atoms with E-state index in [-0.39, 0.29) is 5.92 Å². The van der Waals surface area contributed by atoms with E-state index >= 15 is 0 Å². The van der Waals surface area contributed by atoms with Gasteiger partial charge in [0.15, 0.2) is 11.5 Å². The topological polar surface area (TPSA) is 117 Å². The molecule has 1 amide bonds. The molecule has 9 nitrogen and oxygen atoms in total. The van der Waals surface area contributed by atoms with E-state index < -0.39 is 11.9 Å². The molecule has 0 atom stereocenters. The highest BCUT2D eigenvalue weighted by Crippen LogP contribution is 2.29. The van der Waals surface area contributed by atoms with Crippen LogP contribution in [0.3, 0.4) is 0 Å². The molecule has 196 valence electrons. The number of benzene rings is 1. The largest absolute Gasteiger partial charge is 0.493 e. The fourth-order valence-electron chi connectivity index (χ4n) is 4.85. The van der Waals surface area contributed by atoms with Gasteiger partial charge in [-0.05, 0) is 68.8 Å². The van der Waals surface area contributed by atoms with Crippen LogP contribution in [0, 0.1) is 11.8 Å². The molecule has 0 radical (unpaired) electrons. The molecule has 35 heavy (non-hydrogen) atoms. The third-order valence-corrected chi connectivity index (χ3v) is 6.92. The number of piperidine rings is 1. The number of likely N-dealkylation sites (tertiary alicyclic amines) is 1. The minimum atomic E-state index is -1.82. The average Bonchev–Trinajstić information content (AvgIpc) is 2.88. The van der Waals surface area contributed by atoms with E-state index in [0.717, 1.165) is 61.9 Å². The molecule has 2 N–H and O–H groups in total. The molecule has 1 saturated carbocycles. The second-order valence-electron chi connectivity index (χ2n) is 9.39. The van der Waals surface area contributed by atoms with Crippen molar-refractivity contribution in [3.05, 3.63) is 23.8 Å². The van der Waals surface area contributed by atoms with Crippen LogP contribution in [0.1, 0.15) is 50.5 Å². The van der Waals surface area contributed by atoms with Gasteiger partial charge in [0.25, 0.3) is 0 Å². The van der Waals surface area contributed by atoms with Crippen molar-refractivity contribution >= 4 is 17.8 Å². The molecule has 1 heterocycles. The van der Waals surface area contributed by atoms with Crippen LogP contribution >= 0.6 is 0 Å². The van der Waals surface area contributed by atoms with Gasteiger partial charge in [0.1, 0.15) is 0 Å². The summed E-state index contributed by atoms with van der Waals surface area (Å²) in [5, 5.41) is 14.8. The van der Waals surface area contributed by atoms with Crippen molar-refractivity contribution in [1.82, 2.24) is 9.80 Å². The first-order valence-corrected chi connectivity index (χ1v) is 12.4. The van der Waals surface area contributed by atoms with Crippen molar-refractivity contribution in [2.75, 3.05) is 47.4 Å². The predicted octanol–water partition coefficient (Wildman–Crippen LogP) is 3.15. The summed E-state index contributed by atoms with van der Waals surface area (Å²) >= 11 is 0. The van der Waals surface area contributed by atoms with Crippen molar-refractivity contribution < 1.29 is 34.1 Å². The Bertz CT molecular complexity index is 819. The molecule has 9 heteroatoms. The maximum atomic E-state index is 12.9. The van der Waals surface area contributed by atoms with Gasteiger partial charge in [0.2, 0.25) is 5.91 Å². The predicted molar refractivity (Wildman–Crippen MR) is 132 cm³/mol. The number of carboxylic acids is 2. The fraction of sp³-hybridized carbons (Fsp3) is 0.654. The molecule has 0 spiro atoms. The number of methoxy groups -OCH3 is 2. The number of nitrogens with zero attached hydrogens (tertiary/aromatic N) is 2. The number of amides is 1. The Morgan fingerprint density at radius 3 is 2.09 bits per heavy atom. The minimum absolute atomic E-state index is 0.188. The Balaban J connectivity index is 0.000000641. The van der Waals surface area contributed by atoms with Crippen LogP contribution < -0.4 is 9.47 Å². The molecular formula is C26H40N2O7. The summed E-state index contributed by atoms with van der Waals surface area (Å²) in [4.78, 5) is 35.6. The highest BCUT2D eigenvalue weighted by atomic mass is 16.5. The Morgan fingerprint density at radius 1 is 0.943 bits per heavy atom. The average molecular weight is 493 g/mol. The van der Waals surface area contributed by atoms with E-state index in [9.17, 15) is 4.79 Å². The molecule has 2 fully saturated rings. The molecule has 0 bridgehead atoms. The van der Waals surface area contributed by atoms with Crippen molar-refractivity contribution in [3.63, 3.8) is 0 Å². The van der Waals surface area contributed by atoms with Crippen LogP contribution in [0.4, 0.5) is 0 Å². The monoisotopic (exact) mass is 492 g/mol. The summed E-state index contributed by atoms with van der Waals surface area (Å²) in [6.45, 7) is 4.14. The number of carbonyl (C=O) groups excluding carboxylic acids is 1. The molecule has 1 aromatic rings. The highest BCUT2D eigenvalue weighted by molar-refractivity contribution is 6.27. The van der Waals surface area contributed by atoms with Gasteiger partial charge in [-0.3, -0.25) is 4.79 Å². The lowest BCUT2D eigenvalue weighted by Crippen LogP contribution is -2.43. The normalized spacial score (nSPS) is 17.1. The van der Waals surface area contributed by atoms with Crippen molar-refractivity contribution in [2.24, 2.45) is 11.8 Å². The fourth-order valence-corrected chi connectivity index (χ4v) is 4.85. The lowest BCUT2D eigenvalue weighted by Gasteiger charge is -2.36. The van der Waals surface area contributed by atoms with E-state index in [2.05, 4.69) is 4.90 Å². The second-order valence-corrected chi connectivity index (χ2v) is 9.39. The van der Waals surface area contributed by atoms with E-state index in [1.807, 2.05) is 30.1 Å². The Kier molecular flexibility index (Phi) is 11.8. The smallest absolute Gasteiger partial charge is 0.414 e. The molecule has 1 aliphatic carbocycles. The van der Waals surface area contributed by atoms with Gasteiger partial charge in [0, 0.05) is 26.1 Å². The van der Waals surface area contributed by atoms with Crippen molar-refractivity contribution in [1.29, 1.82) is 0 Å². The summed E-state index contributed by atoms with van der Waals surface area (Å²) in [5.41, 5.74) is 1.16. The van der Waals surface area contributed by atoms with Gasteiger partial charge in [-0.2, -0.15) is 0 Å². The summed E-state index contributed by atoms with van der Waals surface area (Å²) in [6.07, 6.45) is 9.87. The first kappa shape index (κ1) is 28.4. The summed E-state index contributed by atoms with van der Waals surface area (Å²) in [7, 11) is 5.24. The van der Waals surface area contributed by atoms with Crippen LogP contribution in [0.25, 0.3) is 0 Å². The second kappa shape index (κ2) is 14.6. The maximum absolute atomic E-state index is 12.9. The number of ether oxygens (including phenoxy) is 2. The Labute approximate surface area is 208 Å². The number of aliphatic carboxylic acids is 2. The van der Waals surface area contributed by atoms with Gasteiger partial charge in [-0.15, -0.1) is 0 Å². The van der Waals surface area contributed by atoms with E-state index in [1.165, 1.54) is 38.6 Å². The Hall–Kier alpha value is -2.81. The molecule has 1 aliphatic heterocycles. The molecule has 0 unspecified atom stereocenters. The first-order chi connectivity index (χ1) is 16.7. The van der Waals surface area contributed by atoms with E-state index in [4.69, 9.17) is 29.3 Å². The summed E-state index contributed by atoms with van der Waals surface area (Å²) < 4.78 is 10.7. The minimum Gasteiger partial charge on any atom is -0.493 e. The number of carboxylic acid groups (broad SMARTS) is 2. The van der Waals surface area contributed by atoms with Gasteiger partial charge in [-0.25, -0.2) is 9.59 Å². The number of hydrogen-bond acceptors (Lipinski definition) is 6. The van der Waals surface area contributed by atoms with Crippen molar-refractivity contribution in [2.45, 2.75) is 51.4 Å². The SMILES string of the molecule is COc1ccc(CCN(C)C(=O)C2CCN(CC3CCCCC3)CC2)cc1OC.O=C(O)C(=O)O.